The average molecular weight is 455 g/mol. The molecule has 0 bridgehead atoms. The Balaban J connectivity index is 1.53. The van der Waals surface area contributed by atoms with E-state index in [1.54, 1.807) is 0 Å². The summed E-state index contributed by atoms with van der Waals surface area (Å²) in [5.74, 6) is -1.52. The zero-order chi connectivity index (χ0) is 23.1. The van der Waals surface area contributed by atoms with Gasteiger partial charge < -0.3 is 9.47 Å². The Morgan fingerprint density at radius 2 is 1.72 bits per heavy atom. The number of carbonyl (C=O) groups is 1. The highest BCUT2D eigenvalue weighted by Crippen LogP contribution is 2.35. The van der Waals surface area contributed by atoms with Crippen LogP contribution < -0.4 is 9.47 Å². The summed E-state index contributed by atoms with van der Waals surface area (Å²) in [7, 11) is 0. The molecule has 0 aliphatic heterocycles. The van der Waals surface area contributed by atoms with Crippen LogP contribution in [-0.2, 0) is 4.79 Å². The van der Waals surface area contributed by atoms with E-state index >= 15 is 0 Å². The lowest BCUT2D eigenvalue weighted by molar-refractivity contribution is -0.275. The fraction of sp³-hybridized carbons (Fsp3) is 0.560. The minimum Gasteiger partial charge on any atom is -0.426 e. The summed E-state index contributed by atoms with van der Waals surface area (Å²) < 4.78 is 60.7. The maximum Gasteiger partial charge on any atom is 0.573 e. The van der Waals surface area contributed by atoms with Crippen molar-refractivity contribution in [1.29, 1.82) is 0 Å². The molecule has 0 atom stereocenters. The van der Waals surface area contributed by atoms with Crippen LogP contribution in [0.15, 0.2) is 30.3 Å². The van der Waals surface area contributed by atoms with Crippen LogP contribution in [0.25, 0.3) is 10.8 Å². The molecule has 7 heteroatoms. The number of hydrogen-bond donors (Lipinski definition) is 0. The first-order valence-electron chi connectivity index (χ1n) is 11.5. The molecule has 1 aliphatic carbocycles. The lowest BCUT2D eigenvalue weighted by Crippen LogP contribution is -2.25. The van der Waals surface area contributed by atoms with Gasteiger partial charge in [-0.25, -0.2) is 4.39 Å². The summed E-state index contributed by atoms with van der Waals surface area (Å²) in [5, 5.41) is 0.292. The first-order valence-corrected chi connectivity index (χ1v) is 11.5. The van der Waals surface area contributed by atoms with Crippen LogP contribution in [0.2, 0.25) is 0 Å². The maximum atomic E-state index is 14.3. The summed E-state index contributed by atoms with van der Waals surface area (Å²) in [6.07, 6.45) is 6.28. The van der Waals surface area contributed by atoms with Gasteiger partial charge in [-0.2, -0.15) is 0 Å². The number of esters is 1. The Kier molecular flexibility index (Phi) is 8.38. The van der Waals surface area contributed by atoms with Gasteiger partial charge in [0.25, 0.3) is 0 Å². The van der Waals surface area contributed by atoms with Crippen molar-refractivity contribution in [3.05, 3.63) is 36.1 Å². The van der Waals surface area contributed by atoms with Crippen molar-refractivity contribution in [2.75, 3.05) is 0 Å². The van der Waals surface area contributed by atoms with Crippen LogP contribution in [0, 0.1) is 17.7 Å². The van der Waals surface area contributed by atoms with E-state index in [4.69, 9.17) is 4.74 Å². The third-order valence-electron chi connectivity index (χ3n) is 6.23. The van der Waals surface area contributed by atoms with Gasteiger partial charge in [-0.15, -0.1) is 13.2 Å². The largest absolute Gasteiger partial charge is 0.573 e. The van der Waals surface area contributed by atoms with Crippen molar-refractivity contribution in [3.63, 3.8) is 0 Å². The normalized spacial score (nSPS) is 19.2. The molecule has 1 aliphatic rings. The highest BCUT2D eigenvalue weighted by molar-refractivity contribution is 5.87. The molecule has 3 nitrogen and oxygen atoms in total. The number of rotatable bonds is 9. The molecule has 0 heterocycles. The topological polar surface area (TPSA) is 35.5 Å². The zero-order valence-corrected chi connectivity index (χ0v) is 18.3. The number of halogens is 4. The molecule has 3 rings (SSSR count). The minimum absolute atomic E-state index is 0.0361. The summed E-state index contributed by atoms with van der Waals surface area (Å²) in [6, 6.07) is 6.37. The Morgan fingerprint density at radius 3 is 2.41 bits per heavy atom. The molecule has 1 fully saturated rings. The Labute approximate surface area is 186 Å². The number of fused-ring (bicyclic) bond motifs is 1. The van der Waals surface area contributed by atoms with Crippen molar-refractivity contribution >= 4 is 16.7 Å². The lowest BCUT2D eigenvalue weighted by atomic mass is 9.80. The SMILES string of the molecule is CCCCCCCC1CCC(C(=O)Oc2ccc3c(F)c(OC(F)(F)F)ccc3c2)CC1. The summed E-state index contributed by atoms with van der Waals surface area (Å²) in [4.78, 5) is 12.6. The van der Waals surface area contributed by atoms with Crippen LogP contribution >= 0.6 is 0 Å². The number of hydrogen-bond acceptors (Lipinski definition) is 3. The highest BCUT2D eigenvalue weighted by Gasteiger charge is 2.33. The number of ether oxygens (including phenoxy) is 2. The van der Waals surface area contributed by atoms with Gasteiger partial charge in [-0.1, -0.05) is 51.5 Å². The van der Waals surface area contributed by atoms with Gasteiger partial charge in [-0.3, -0.25) is 4.79 Å². The van der Waals surface area contributed by atoms with E-state index in [1.807, 2.05) is 0 Å². The molecular weight excluding hydrogens is 424 g/mol. The van der Waals surface area contributed by atoms with Gasteiger partial charge in [0.05, 0.1) is 5.92 Å². The molecule has 176 valence electrons. The quantitative estimate of drug-likeness (QED) is 0.167. The van der Waals surface area contributed by atoms with Crippen LogP contribution in [0.3, 0.4) is 0 Å². The van der Waals surface area contributed by atoms with Gasteiger partial charge in [0, 0.05) is 5.39 Å². The van der Waals surface area contributed by atoms with E-state index in [0.29, 0.717) is 11.3 Å². The molecule has 2 aromatic carbocycles. The first-order chi connectivity index (χ1) is 15.3. The van der Waals surface area contributed by atoms with Crippen molar-refractivity contribution in [2.24, 2.45) is 11.8 Å². The number of alkyl halides is 3. The van der Waals surface area contributed by atoms with Gasteiger partial charge in [0.1, 0.15) is 5.75 Å². The number of benzene rings is 2. The molecule has 0 spiro atoms. The molecule has 0 saturated heterocycles. The first kappa shape index (κ1) is 24.3. The number of unbranched alkanes of at least 4 members (excludes halogenated alkanes) is 4. The van der Waals surface area contributed by atoms with E-state index in [0.717, 1.165) is 31.7 Å². The predicted molar refractivity (Wildman–Crippen MR) is 115 cm³/mol. The Bertz CT molecular complexity index is 902. The standard InChI is InChI=1S/C25H30F4O3/c1-2-3-4-5-6-7-17-8-10-18(11-9-17)24(30)31-20-13-14-21-19(16-20)12-15-22(23(21)26)32-25(27,28)29/h12-18H,2-11H2,1H3. The highest BCUT2D eigenvalue weighted by atomic mass is 19.4. The lowest BCUT2D eigenvalue weighted by Gasteiger charge is -2.27. The monoisotopic (exact) mass is 454 g/mol. The van der Waals surface area contributed by atoms with E-state index in [-0.39, 0.29) is 23.0 Å². The van der Waals surface area contributed by atoms with Crippen molar-refractivity contribution < 1.29 is 31.8 Å². The van der Waals surface area contributed by atoms with E-state index < -0.39 is 17.9 Å². The fourth-order valence-electron chi connectivity index (χ4n) is 4.44. The zero-order valence-electron chi connectivity index (χ0n) is 18.3. The fourth-order valence-corrected chi connectivity index (χ4v) is 4.44. The second-order valence-electron chi connectivity index (χ2n) is 8.65. The molecule has 0 amide bonds. The molecule has 32 heavy (non-hydrogen) atoms. The molecular formula is C25H30F4O3. The molecule has 0 radical (unpaired) electrons. The van der Waals surface area contributed by atoms with Crippen molar-refractivity contribution in [2.45, 2.75) is 77.5 Å². The molecule has 0 N–H and O–H groups in total. The third kappa shape index (κ3) is 6.84. The van der Waals surface area contributed by atoms with Crippen LogP contribution in [0.1, 0.15) is 71.1 Å². The van der Waals surface area contributed by atoms with Gasteiger partial charge in [0.2, 0.25) is 0 Å². The second kappa shape index (κ2) is 11.0. The Morgan fingerprint density at radius 1 is 1.00 bits per heavy atom. The summed E-state index contributed by atoms with van der Waals surface area (Å²) >= 11 is 0. The molecule has 1 saturated carbocycles. The Hall–Kier alpha value is -2.31. The van der Waals surface area contributed by atoms with E-state index in [9.17, 15) is 22.4 Å². The van der Waals surface area contributed by atoms with Crippen molar-refractivity contribution in [3.8, 4) is 11.5 Å². The van der Waals surface area contributed by atoms with Gasteiger partial charge in [-0.05, 0) is 61.3 Å². The summed E-state index contributed by atoms with van der Waals surface area (Å²) in [6.45, 7) is 2.21. The van der Waals surface area contributed by atoms with Crippen LogP contribution in [0.4, 0.5) is 17.6 Å². The second-order valence-corrected chi connectivity index (χ2v) is 8.65. The number of carbonyl (C=O) groups excluding carboxylic acids is 1. The predicted octanol–water partition coefficient (Wildman–Crippen LogP) is 7.95. The van der Waals surface area contributed by atoms with Gasteiger partial charge >= 0.3 is 12.3 Å². The molecule has 2 aromatic rings. The molecule has 0 unspecified atom stereocenters. The van der Waals surface area contributed by atoms with E-state index in [1.165, 1.54) is 62.8 Å². The average Bonchev–Trinajstić information content (AvgIpc) is 2.75. The van der Waals surface area contributed by atoms with Crippen LogP contribution in [-0.4, -0.2) is 12.3 Å². The van der Waals surface area contributed by atoms with Crippen molar-refractivity contribution in [1.82, 2.24) is 0 Å². The van der Waals surface area contributed by atoms with Gasteiger partial charge in [0.15, 0.2) is 11.6 Å². The molecule has 0 aromatic heterocycles. The maximum absolute atomic E-state index is 14.3. The van der Waals surface area contributed by atoms with E-state index in [2.05, 4.69) is 11.7 Å². The summed E-state index contributed by atoms with van der Waals surface area (Å²) in [5.41, 5.74) is 0. The minimum atomic E-state index is -4.97. The third-order valence-corrected chi connectivity index (χ3v) is 6.23. The van der Waals surface area contributed by atoms with Crippen LogP contribution in [0.5, 0.6) is 11.5 Å². The smallest absolute Gasteiger partial charge is 0.426 e.